The molecule has 0 aliphatic rings. The second kappa shape index (κ2) is 4.31. The molecule has 15 heavy (non-hydrogen) atoms. The molecule has 1 aromatic heterocycles. The number of hydrogen-bond acceptors (Lipinski definition) is 4. The molecular formula is C11H10O3S. The zero-order valence-corrected chi connectivity index (χ0v) is 8.70. The van der Waals surface area contributed by atoms with Crippen molar-refractivity contribution in [2.45, 2.75) is 10.6 Å². The van der Waals surface area contributed by atoms with Gasteiger partial charge in [0.15, 0.2) is 11.5 Å². The van der Waals surface area contributed by atoms with E-state index in [-0.39, 0.29) is 11.5 Å². The second-order valence-corrected chi connectivity index (χ2v) is 4.01. The third kappa shape index (κ3) is 2.27. The number of para-hydroxylation sites is 1. The van der Waals surface area contributed by atoms with Gasteiger partial charge in [0.1, 0.15) is 5.76 Å². The van der Waals surface area contributed by atoms with Crippen LogP contribution in [0.5, 0.6) is 11.5 Å². The number of phenolic OH excluding ortho intramolecular Hbond substituents is 2. The van der Waals surface area contributed by atoms with Gasteiger partial charge in [0.2, 0.25) is 0 Å². The van der Waals surface area contributed by atoms with Crippen LogP contribution in [-0.2, 0) is 5.75 Å². The first-order valence-corrected chi connectivity index (χ1v) is 5.42. The first-order chi connectivity index (χ1) is 7.27. The fourth-order valence-electron chi connectivity index (χ4n) is 1.17. The molecular weight excluding hydrogens is 212 g/mol. The summed E-state index contributed by atoms with van der Waals surface area (Å²) in [6.45, 7) is 0. The highest BCUT2D eigenvalue weighted by Gasteiger charge is 2.06. The van der Waals surface area contributed by atoms with Crippen LogP contribution in [0.25, 0.3) is 0 Å². The third-order valence-corrected chi connectivity index (χ3v) is 3.00. The van der Waals surface area contributed by atoms with Crippen LogP contribution in [0.2, 0.25) is 0 Å². The van der Waals surface area contributed by atoms with Crippen LogP contribution >= 0.6 is 11.8 Å². The average Bonchev–Trinajstić information content (AvgIpc) is 2.73. The van der Waals surface area contributed by atoms with Crippen LogP contribution in [-0.4, -0.2) is 10.2 Å². The van der Waals surface area contributed by atoms with Gasteiger partial charge in [-0.2, -0.15) is 0 Å². The molecule has 0 aliphatic carbocycles. The second-order valence-electron chi connectivity index (χ2n) is 2.99. The lowest BCUT2D eigenvalue weighted by Crippen LogP contribution is -1.78. The number of rotatable bonds is 3. The molecule has 1 aromatic carbocycles. The lowest BCUT2D eigenvalue weighted by molar-refractivity contribution is 0.395. The Kier molecular flexibility index (Phi) is 2.87. The Bertz CT molecular complexity index is 437. The van der Waals surface area contributed by atoms with Crippen LogP contribution in [0.15, 0.2) is 45.9 Å². The molecule has 1 heterocycles. The highest BCUT2D eigenvalue weighted by Crippen LogP contribution is 2.36. The molecule has 3 nitrogen and oxygen atoms in total. The molecule has 0 unspecified atom stereocenters. The predicted octanol–water partition coefficient (Wildman–Crippen LogP) is 2.98. The Morgan fingerprint density at radius 1 is 1.13 bits per heavy atom. The maximum Gasteiger partial charge on any atom is 0.171 e. The van der Waals surface area contributed by atoms with Gasteiger partial charge in [-0.1, -0.05) is 6.07 Å². The normalized spacial score (nSPS) is 10.4. The molecule has 0 spiro atoms. The van der Waals surface area contributed by atoms with Crippen molar-refractivity contribution in [3.8, 4) is 11.5 Å². The molecule has 0 fully saturated rings. The van der Waals surface area contributed by atoms with E-state index in [1.165, 1.54) is 17.8 Å². The third-order valence-electron chi connectivity index (χ3n) is 1.93. The van der Waals surface area contributed by atoms with Crippen molar-refractivity contribution in [3.05, 3.63) is 42.4 Å². The lowest BCUT2D eigenvalue weighted by atomic mass is 10.3. The van der Waals surface area contributed by atoms with E-state index in [0.717, 1.165) is 5.76 Å². The molecule has 0 saturated heterocycles. The van der Waals surface area contributed by atoms with E-state index in [1.807, 2.05) is 12.1 Å². The molecule has 0 saturated carbocycles. The van der Waals surface area contributed by atoms with E-state index in [1.54, 1.807) is 18.4 Å². The fourth-order valence-corrected chi connectivity index (χ4v) is 2.05. The first-order valence-electron chi connectivity index (χ1n) is 4.43. The minimum atomic E-state index is -0.0977. The Hall–Kier alpha value is -1.55. The van der Waals surface area contributed by atoms with Gasteiger partial charge in [0.25, 0.3) is 0 Å². The highest BCUT2D eigenvalue weighted by atomic mass is 32.2. The Labute approximate surface area is 91.4 Å². The van der Waals surface area contributed by atoms with Crippen molar-refractivity contribution in [2.24, 2.45) is 0 Å². The summed E-state index contributed by atoms with van der Waals surface area (Å²) in [6, 6.07) is 8.58. The number of benzene rings is 1. The summed E-state index contributed by atoms with van der Waals surface area (Å²) in [5.74, 6) is 1.29. The van der Waals surface area contributed by atoms with Crippen molar-refractivity contribution in [3.63, 3.8) is 0 Å². The van der Waals surface area contributed by atoms with Crippen molar-refractivity contribution in [1.29, 1.82) is 0 Å². The Balaban J connectivity index is 2.08. The molecule has 0 amide bonds. The summed E-state index contributed by atoms with van der Waals surface area (Å²) >= 11 is 1.42. The molecule has 0 atom stereocenters. The van der Waals surface area contributed by atoms with Crippen molar-refractivity contribution < 1.29 is 14.6 Å². The Morgan fingerprint density at radius 2 is 2.00 bits per heavy atom. The van der Waals surface area contributed by atoms with E-state index >= 15 is 0 Å². The minimum Gasteiger partial charge on any atom is -0.504 e. The topological polar surface area (TPSA) is 53.6 Å². The highest BCUT2D eigenvalue weighted by molar-refractivity contribution is 7.98. The quantitative estimate of drug-likeness (QED) is 0.619. The molecule has 2 N–H and O–H groups in total. The van der Waals surface area contributed by atoms with Crippen LogP contribution in [0, 0.1) is 0 Å². The van der Waals surface area contributed by atoms with Crippen molar-refractivity contribution in [2.75, 3.05) is 0 Å². The van der Waals surface area contributed by atoms with Crippen LogP contribution in [0.3, 0.4) is 0 Å². The molecule has 2 rings (SSSR count). The van der Waals surface area contributed by atoms with Crippen molar-refractivity contribution in [1.82, 2.24) is 0 Å². The van der Waals surface area contributed by atoms with Gasteiger partial charge in [-0.25, -0.2) is 0 Å². The van der Waals surface area contributed by atoms with Gasteiger partial charge in [-0.15, -0.1) is 11.8 Å². The molecule has 0 radical (unpaired) electrons. The smallest absolute Gasteiger partial charge is 0.171 e. The number of aromatic hydroxyl groups is 2. The maximum absolute atomic E-state index is 9.52. The summed E-state index contributed by atoms with van der Waals surface area (Å²) in [7, 11) is 0. The first kappa shape index (κ1) is 9.98. The van der Waals surface area contributed by atoms with E-state index < -0.39 is 0 Å². The zero-order valence-electron chi connectivity index (χ0n) is 7.88. The molecule has 0 bridgehead atoms. The number of phenols is 2. The zero-order chi connectivity index (χ0) is 10.7. The van der Waals surface area contributed by atoms with Crippen LogP contribution in [0.4, 0.5) is 0 Å². The summed E-state index contributed by atoms with van der Waals surface area (Å²) in [5.41, 5.74) is 0. The van der Waals surface area contributed by atoms with E-state index in [0.29, 0.717) is 10.6 Å². The van der Waals surface area contributed by atoms with Crippen LogP contribution in [0.1, 0.15) is 5.76 Å². The lowest BCUT2D eigenvalue weighted by Gasteiger charge is -2.03. The molecule has 4 heteroatoms. The standard InChI is InChI=1S/C11H10O3S/c12-9-4-1-5-10(11(9)13)15-7-8-3-2-6-14-8/h1-6,12-13H,7H2. The number of hydrogen-bond donors (Lipinski definition) is 2. The summed E-state index contributed by atoms with van der Waals surface area (Å²) in [6.07, 6.45) is 1.61. The number of furan rings is 1. The molecule has 0 aliphatic heterocycles. The summed E-state index contributed by atoms with van der Waals surface area (Å²) < 4.78 is 5.16. The van der Waals surface area contributed by atoms with Gasteiger partial charge in [0, 0.05) is 0 Å². The van der Waals surface area contributed by atoms with Gasteiger partial charge in [0.05, 0.1) is 16.9 Å². The fraction of sp³-hybridized carbons (Fsp3) is 0.0909. The predicted molar refractivity (Wildman–Crippen MR) is 58.0 cm³/mol. The molecule has 2 aromatic rings. The minimum absolute atomic E-state index is 0.0749. The average molecular weight is 222 g/mol. The van der Waals surface area contributed by atoms with Gasteiger partial charge < -0.3 is 14.6 Å². The van der Waals surface area contributed by atoms with E-state index in [2.05, 4.69) is 0 Å². The SMILES string of the molecule is Oc1cccc(SCc2ccco2)c1O. The largest absolute Gasteiger partial charge is 0.504 e. The summed E-state index contributed by atoms with van der Waals surface area (Å²) in [5, 5.41) is 18.8. The van der Waals surface area contributed by atoms with E-state index in [9.17, 15) is 10.2 Å². The summed E-state index contributed by atoms with van der Waals surface area (Å²) in [4.78, 5) is 0.645. The van der Waals surface area contributed by atoms with Gasteiger partial charge >= 0.3 is 0 Å². The monoisotopic (exact) mass is 222 g/mol. The molecule has 78 valence electrons. The number of thioether (sulfide) groups is 1. The van der Waals surface area contributed by atoms with E-state index in [4.69, 9.17) is 4.42 Å². The van der Waals surface area contributed by atoms with Crippen molar-refractivity contribution >= 4 is 11.8 Å². The van der Waals surface area contributed by atoms with Crippen LogP contribution < -0.4 is 0 Å². The maximum atomic E-state index is 9.52. The Morgan fingerprint density at radius 3 is 2.73 bits per heavy atom. The van der Waals surface area contributed by atoms with Gasteiger partial charge in [-0.05, 0) is 24.3 Å². The van der Waals surface area contributed by atoms with Gasteiger partial charge in [-0.3, -0.25) is 0 Å².